The van der Waals surface area contributed by atoms with Crippen LogP contribution in [-0.4, -0.2) is 9.99 Å². The van der Waals surface area contributed by atoms with Gasteiger partial charge in [0.1, 0.15) is 0 Å². The van der Waals surface area contributed by atoms with Crippen molar-refractivity contribution in [3.8, 4) is 0 Å². The van der Waals surface area contributed by atoms with Crippen molar-refractivity contribution >= 4 is 29.5 Å². The molecular formula is C5H7ClOS. The Morgan fingerprint density at radius 1 is 1.62 bits per heavy atom. The number of thiol groups is 1. The Hall–Kier alpha value is 0.310. The molecule has 1 fully saturated rings. The third-order valence-electron chi connectivity index (χ3n) is 1.55. The van der Waals surface area contributed by atoms with E-state index in [2.05, 4.69) is 12.6 Å². The highest BCUT2D eigenvalue weighted by Gasteiger charge is 2.39. The second-order valence-electron chi connectivity index (χ2n) is 2.16. The van der Waals surface area contributed by atoms with E-state index in [0.29, 0.717) is 0 Å². The Morgan fingerprint density at radius 3 is 2.12 bits per heavy atom. The molecule has 0 N–H and O–H groups in total. The summed E-state index contributed by atoms with van der Waals surface area (Å²) in [4.78, 5) is 10.4. The van der Waals surface area contributed by atoms with Crippen LogP contribution in [0.4, 0.5) is 0 Å². The maximum atomic E-state index is 10.4. The van der Waals surface area contributed by atoms with Gasteiger partial charge in [0.05, 0.1) is 4.75 Å². The number of carbonyl (C=O) groups is 1. The zero-order valence-corrected chi connectivity index (χ0v) is 6.01. The van der Waals surface area contributed by atoms with Crippen LogP contribution in [0.1, 0.15) is 19.3 Å². The second-order valence-corrected chi connectivity index (χ2v) is 3.36. The smallest absolute Gasteiger partial charge is 0.237 e. The molecule has 0 bridgehead atoms. The molecule has 0 radical (unpaired) electrons. The molecule has 0 aromatic heterocycles. The molecule has 0 unspecified atom stereocenters. The standard InChI is InChI=1S/C5H7ClOS/c6-4(7)5(8)2-1-3-5/h8H,1-3H2. The van der Waals surface area contributed by atoms with Crippen molar-refractivity contribution in [2.75, 3.05) is 0 Å². The average molecular weight is 151 g/mol. The highest BCUT2D eigenvalue weighted by molar-refractivity contribution is 7.83. The van der Waals surface area contributed by atoms with Gasteiger partial charge in [0.25, 0.3) is 0 Å². The van der Waals surface area contributed by atoms with Crippen molar-refractivity contribution in [2.45, 2.75) is 24.0 Å². The highest BCUT2D eigenvalue weighted by atomic mass is 35.5. The van der Waals surface area contributed by atoms with Crippen LogP contribution in [0.5, 0.6) is 0 Å². The maximum Gasteiger partial charge on any atom is 0.237 e. The number of halogens is 1. The first-order valence-electron chi connectivity index (χ1n) is 2.57. The summed E-state index contributed by atoms with van der Waals surface area (Å²) < 4.78 is -0.457. The summed E-state index contributed by atoms with van der Waals surface area (Å²) in [5.41, 5.74) is 0. The molecule has 0 atom stereocenters. The van der Waals surface area contributed by atoms with Crippen molar-refractivity contribution in [1.82, 2.24) is 0 Å². The van der Waals surface area contributed by atoms with E-state index >= 15 is 0 Å². The first-order chi connectivity index (χ1) is 3.65. The SMILES string of the molecule is O=C(Cl)C1(S)CCC1. The van der Waals surface area contributed by atoms with Crippen molar-refractivity contribution < 1.29 is 4.79 Å². The molecule has 8 heavy (non-hydrogen) atoms. The number of carbonyl (C=O) groups excluding carboxylic acids is 1. The summed E-state index contributed by atoms with van der Waals surface area (Å²) in [7, 11) is 0. The van der Waals surface area contributed by atoms with Crippen molar-refractivity contribution in [3.63, 3.8) is 0 Å². The number of rotatable bonds is 1. The Balaban J connectivity index is 2.53. The van der Waals surface area contributed by atoms with Crippen LogP contribution in [0.2, 0.25) is 0 Å². The fourth-order valence-corrected chi connectivity index (χ4v) is 1.21. The topological polar surface area (TPSA) is 17.1 Å². The summed E-state index contributed by atoms with van der Waals surface area (Å²) >= 11 is 9.29. The zero-order valence-electron chi connectivity index (χ0n) is 4.35. The molecule has 46 valence electrons. The Bertz CT molecular complexity index is 120. The minimum absolute atomic E-state index is 0.299. The fourth-order valence-electron chi connectivity index (χ4n) is 0.708. The van der Waals surface area contributed by atoms with Gasteiger partial charge in [-0.25, -0.2) is 0 Å². The van der Waals surface area contributed by atoms with Gasteiger partial charge in [0.2, 0.25) is 5.24 Å². The molecule has 0 amide bonds. The molecule has 1 rings (SSSR count). The molecule has 0 heterocycles. The van der Waals surface area contributed by atoms with Gasteiger partial charge in [0.15, 0.2) is 0 Å². The van der Waals surface area contributed by atoms with Gasteiger partial charge in [-0.15, -0.1) is 0 Å². The van der Waals surface area contributed by atoms with E-state index in [0.717, 1.165) is 19.3 Å². The Kier molecular flexibility index (Phi) is 1.54. The molecule has 0 saturated heterocycles. The van der Waals surface area contributed by atoms with E-state index in [4.69, 9.17) is 11.6 Å². The van der Waals surface area contributed by atoms with E-state index in [1.165, 1.54) is 0 Å². The molecule has 0 aliphatic heterocycles. The lowest BCUT2D eigenvalue weighted by Crippen LogP contribution is -2.36. The highest BCUT2D eigenvalue weighted by Crippen LogP contribution is 2.39. The predicted octanol–water partition coefficient (Wildman–Crippen LogP) is 1.60. The maximum absolute atomic E-state index is 10.4. The van der Waals surface area contributed by atoms with Gasteiger partial charge in [-0.05, 0) is 30.9 Å². The lowest BCUT2D eigenvalue weighted by Gasteiger charge is -2.32. The number of hydrogen-bond donors (Lipinski definition) is 1. The van der Waals surface area contributed by atoms with Crippen LogP contribution in [0.15, 0.2) is 0 Å². The van der Waals surface area contributed by atoms with Gasteiger partial charge in [-0.1, -0.05) is 0 Å². The Labute approximate surface area is 58.8 Å². The summed E-state index contributed by atoms with van der Waals surface area (Å²) in [5.74, 6) is 0. The van der Waals surface area contributed by atoms with Gasteiger partial charge in [-0.2, -0.15) is 12.6 Å². The molecule has 3 heteroatoms. The predicted molar refractivity (Wildman–Crippen MR) is 36.4 cm³/mol. The molecule has 1 nitrogen and oxygen atoms in total. The molecule has 0 spiro atoms. The van der Waals surface area contributed by atoms with E-state index in [-0.39, 0.29) is 5.24 Å². The molecule has 1 aliphatic carbocycles. The van der Waals surface area contributed by atoms with E-state index in [1.54, 1.807) is 0 Å². The summed E-state index contributed by atoms with van der Waals surface area (Å²) in [6.45, 7) is 0. The van der Waals surface area contributed by atoms with Gasteiger partial charge < -0.3 is 0 Å². The van der Waals surface area contributed by atoms with E-state index in [9.17, 15) is 4.79 Å². The molecular weight excluding hydrogens is 144 g/mol. The minimum Gasteiger partial charge on any atom is -0.280 e. The second kappa shape index (κ2) is 1.92. The van der Waals surface area contributed by atoms with Crippen LogP contribution in [-0.2, 0) is 4.79 Å². The Morgan fingerprint density at radius 2 is 2.12 bits per heavy atom. The van der Waals surface area contributed by atoms with E-state index in [1.807, 2.05) is 0 Å². The lowest BCUT2D eigenvalue weighted by molar-refractivity contribution is -0.115. The fraction of sp³-hybridized carbons (Fsp3) is 0.800. The largest absolute Gasteiger partial charge is 0.280 e. The zero-order chi connectivity index (χ0) is 6.20. The average Bonchev–Trinajstić information content (AvgIpc) is 1.60. The summed E-state index contributed by atoms with van der Waals surface area (Å²) in [6.07, 6.45) is 2.78. The normalized spacial score (nSPS) is 24.2. The van der Waals surface area contributed by atoms with Crippen LogP contribution >= 0.6 is 24.2 Å². The summed E-state index contributed by atoms with van der Waals surface area (Å²) in [5, 5.41) is -0.299. The first-order valence-corrected chi connectivity index (χ1v) is 3.40. The monoisotopic (exact) mass is 150 g/mol. The number of hydrogen-bond acceptors (Lipinski definition) is 2. The van der Waals surface area contributed by atoms with Crippen molar-refractivity contribution in [3.05, 3.63) is 0 Å². The third-order valence-corrected chi connectivity index (χ3v) is 2.69. The van der Waals surface area contributed by atoms with Crippen LogP contribution < -0.4 is 0 Å². The van der Waals surface area contributed by atoms with Crippen LogP contribution in [0, 0.1) is 0 Å². The van der Waals surface area contributed by atoms with Crippen molar-refractivity contribution in [2.24, 2.45) is 0 Å². The van der Waals surface area contributed by atoms with Gasteiger partial charge in [-0.3, -0.25) is 4.79 Å². The minimum atomic E-state index is -0.457. The van der Waals surface area contributed by atoms with Crippen LogP contribution in [0.25, 0.3) is 0 Å². The van der Waals surface area contributed by atoms with Gasteiger partial charge >= 0.3 is 0 Å². The first kappa shape index (κ1) is 6.43. The summed E-state index contributed by atoms with van der Waals surface area (Å²) in [6, 6.07) is 0. The molecule has 0 aromatic carbocycles. The molecule has 0 aromatic rings. The van der Waals surface area contributed by atoms with Gasteiger partial charge in [0, 0.05) is 0 Å². The molecule has 1 saturated carbocycles. The van der Waals surface area contributed by atoms with Crippen LogP contribution in [0.3, 0.4) is 0 Å². The lowest BCUT2D eigenvalue weighted by atomic mass is 9.85. The van der Waals surface area contributed by atoms with E-state index < -0.39 is 4.75 Å². The quantitative estimate of drug-likeness (QED) is 0.444. The molecule has 1 aliphatic rings. The third kappa shape index (κ3) is 0.869. The van der Waals surface area contributed by atoms with Crippen molar-refractivity contribution in [1.29, 1.82) is 0 Å².